The molecule has 0 radical (unpaired) electrons. The first-order chi connectivity index (χ1) is 21.8. The number of hydrogen-bond donors (Lipinski definition) is 0. The summed E-state index contributed by atoms with van der Waals surface area (Å²) in [6.45, 7) is 0. The molecule has 5 aromatic carbocycles. The van der Waals surface area contributed by atoms with Crippen LogP contribution >= 0.6 is 0 Å². The lowest BCUT2D eigenvalue weighted by Gasteiger charge is -2.08. The number of furan rings is 1. The average molecular weight is 566 g/mol. The Hall–Kier alpha value is -6.14. The van der Waals surface area contributed by atoms with E-state index in [9.17, 15) is 0 Å². The second-order valence-corrected chi connectivity index (χ2v) is 10.7. The third-order valence-corrected chi connectivity index (χ3v) is 8.14. The third-order valence-electron chi connectivity index (χ3n) is 8.14. The van der Waals surface area contributed by atoms with Crippen LogP contribution in [0.2, 0.25) is 0 Å². The van der Waals surface area contributed by atoms with Crippen LogP contribution < -0.4 is 0 Å². The minimum Gasteiger partial charge on any atom is -0.453 e. The molecule has 0 saturated carbocycles. The molecule has 0 aliphatic heterocycles. The number of para-hydroxylation sites is 3. The maximum absolute atomic E-state index is 6.90. The lowest BCUT2D eigenvalue weighted by molar-refractivity contribution is 0.671. The molecular formula is C38H23N5O. The number of benzene rings is 5. The summed E-state index contributed by atoms with van der Waals surface area (Å²) in [7, 11) is 0. The largest absolute Gasteiger partial charge is 0.453 e. The summed E-state index contributed by atoms with van der Waals surface area (Å²) >= 11 is 0. The van der Waals surface area contributed by atoms with Gasteiger partial charge in [0.05, 0.1) is 16.6 Å². The van der Waals surface area contributed by atoms with Gasteiger partial charge in [0.25, 0.3) is 0 Å². The molecule has 0 N–H and O–H groups in total. The second-order valence-electron chi connectivity index (χ2n) is 10.7. The number of pyridine rings is 1. The van der Waals surface area contributed by atoms with Crippen molar-refractivity contribution in [2.75, 3.05) is 0 Å². The van der Waals surface area contributed by atoms with Gasteiger partial charge in [0.15, 0.2) is 23.1 Å². The van der Waals surface area contributed by atoms with Crippen molar-refractivity contribution in [1.82, 2.24) is 24.5 Å². The zero-order valence-electron chi connectivity index (χ0n) is 23.4. The smallest absolute Gasteiger partial charge is 0.167 e. The maximum atomic E-state index is 6.90. The van der Waals surface area contributed by atoms with Gasteiger partial charge in [-0.3, -0.25) is 4.98 Å². The predicted molar refractivity (Wildman–Crippen MR) is 176 cm³/mol. The van der Waals surface area contributed by atoms with E-state index in [-0.39, 0.29) is 0 Å². The lowest BCUT2D eigenvalue weighted by atomic mass is 10.1. The number of fused-ring (bicyclic) bond motifs is 7. The summed E-state index contributed by atoms with van der Waals surface area (Å²) in [6.07, 6.45) is 3.52. The predicted octanol–water partition coefficient (Wildman–Crippen LogP) is 9.26. The number of hydrogen-bond acceptors (Lipinski definition) is 5. The van der Waals surface area contributed by atoms with E-state index in [4.69, 9.17) is 19.4 Å². The van der Waals surface area contributed by atoms with Gasteiger partial charge in [-0.25, -0.2) is 15.0 Å². The summed E-state index contributed by atoms with van der Waals surface area (Å²) in [4.78, 5) is 19.1. The molecule has 0 amide bonds. The molecule has 4 aromatic heterocycles. The first-order valence-corrected chi connectivity index (χ1v) is 14.5. The highest BCUT2D eigenvalue weighted by Crippen LogP contribution is 2.42. The van der Waals surface area contributed by atoms with Crippen LogP contribution in [0.5, 0.6) is 0 Å². The summed E-state index contributed by atoms with van der Waals surface area (Å²) in [6, 6.07) is 43.3. The van der Waals surface area contributed by atoms with Gasteiger partial charge in [-0.05, 0) is 42.5 Å². The zero-order chi connectivity index (χ0) is 29.0. The zero-order valence-corrected chi connectivity index (χ0v) is 23.4. The molecule has 0 unspecified atom stereocenters. The van der Waals surface area contributed by atoms with Crippen LogP contribution in [0.4, 0.5) is 0 Å². The Bertz CT molecular complexity index is 2430. The fourth-order valence-electron chi connectivity index (χ4n) is 6.16. The molecular weight excluding hydrogens is 542 g/mol. The summed E-state index contributed by atoms with van der Waals surface area (Å²) in [5.74, 6) is 1.69. The van der Waals surface area contributed by atoms with Crippen molar-refractivity contribution in [1.29, 1.82) is 0 Å². The monoisotopic (exact) mass is 565 g/mol. The Labute approximate surface area is 251 Å². The van der Waals surface area contributed by atoms with E-state index in [1.165, 1.54) is 5.39 Å². The standard InChI is InChI=1S/C38H23N5O/c1-3-11-24(12-4-1)36-40-37(25-13-10-22-39-23-25)42-38(41-36)31-18-9-17-29-30-21-20-28-27-16-7-8-19-32(27)43(26-14-5-2-6-15-26)33(28)35(30)44-34(29)31/h1-23H. The van der Waals surface area contributed by atoms with Crippen molar-refractivity contribution in [3.63, 3.8) is 0 Å². The van der Waals surface area contributed by atoms with Gasteiger partial charge >= 0.3 is 0 Å². The number of aromatic nitrogens is 5. The van der Waals surface area contributed by atoms with E-state index in [2.05, 4.69) is 76.3 Å². The topological polar surface area (TPSA) is 69.6 Å². The fourth-order valence-corrected chi connectivity index (χ4v) is 6.16. The molecule has 4 heterocycles. The molecule has 9 rings (SSSR count). The Morgan fingerprint density at radius 3 is 1.95 bits per heavy atom. The highest BCUT2D eigenvalue weighted by atomic mass is 16.3. The summed E-state index contributed by atoms with van der Waals surface area (Å²) in [5.41, 5.74) is 7.35. The van der Waals surface area contributed by atoms with Crippen LogP contribution in [-0.2, 0) is 0 Å². The van der Waals surface area contributed by atoms with Crippen LogP contribution in [0.25, 0.3) is 83.6 Å². The first kappa shape index (κ1) is 24.5. The van der Waals surface area contributed by atoms with Gasteiger partial charge < -0.3 is 8.98 Å². The van der Waals surface area contributed by atoms with Gasteiger partial charge in [0.1, 0.15) is 5.58 Å². The van der Waals surface area contributed by atoms with E-state index in [0.29, 0.717) is 17.5 Å². The van der Waals surface area contributed by atoms with Crippen molar-refractivity contribution in [2.24, 2.45) is 0 Å². The molecule has 0 bridgehead atoms. The molecule has 6 heteroatoms. The molecule has 0 atom stereocenters. The van der Waals surface area contributed by atoms with E-state index >= 15 is 0 Å². The minimum absolute atomic E-state index is 0.544. The van der Waals surface area contributed by atoms with Crippen molar-refractivity contribution >= 4 is 43.7 Å². The molecule has 206 valence electrons. The van der Waals surface area contributed by atoms with Gasteiger partial charge in [0, 0.05) is 50.8 Å². The minimum atomic E-state index is 0.544. The van der Waals surface area contributed by atoms with Gasteiger partial charge in [0.2, 0.25) is 0 Å². The molecule has 9 aromatic rings. The molecule has 0 fully saturated rings. The Kier molecular flexibility index (Phi) is 5.40. The van der Waals surface area contributed by atoms with E-state index in [1.807, 2.05) is 60.7 Å². The van der Waals surface area contributed by atoms with Crippen LogP contribution in [0, 0.1) is 0 Å². The van der Waals surface area contributed by atoms with Crippen LogP contribution in [0.1, 0.15) is 0 Å². The molecule has 0 aliphatic carbocycles. The molecule has 0 saturated heterocycles. The molecule has 6 nitrogen and oxygen atoms in total. The lowest BCUT2D eigenvalue weighted by Crippen LogP contribution is -2.00. The molecule has 0 spiro atoms. The quantitative estimate of drug-likeness (QED) is 0.213. The molecule has 0 aliphatic rings. The van der Waals surface area contributed by atoms with Crippen molar-refractivity contribution in [2.45, 2.75) is 0 Å². The highest BCUT2D eigenvalue weighted by molar-refractivity contribution is 6.22. The first-order valence-electron chi connectivity index (χ1n) is 14.5. The SMILES string of the molecule is c1ccc(-c2nc(-c3cccnc3)nc(-c3cccc4c3oc3c4ccc4c5ccccc5n(-c5ccccc5)c43)n2)cc1. The average Bonchev–Trinajstić information content (AvgIpc) is 3.65. The van der Waals surface area contributed by atoms with Gasteiger partial charge in [-0.15, -0.1) is 0 Å². The van der Waals surface area contributed by atoms with Crippen molar-refractivity contribution < 1.29 is 4.42 Å². The maximum Gasteiger partial charge on any atom is 0.167 e. The van der Waals surface area contributed by atoms with Gasteiger partial charge in [-0.1, -0.05) is 84.9 Å². The van der Waals surface area contributed by atoms with E-state index in [0.717, 1.165) is 60.7 Å². The van der Waals surface area contributed by atoms with E-state index < -0.39 is 0 Å². The molecule has 44 heavy (non-hydrogen) atoms. The van der Waals surface area contributed by atoms with E-state index in [1.54, 1.807) is 12.4 Å². The Morgan fingerprint density at radius 1 is 0.477 bits per heavy atom. The van der Waals surface area contributed by atoms with Crippen LogP contribution in [0.15, 0.2) is 144 Å². The van der Waals surface area contributed by atoms with Crippen LogP contribution in [0.3, 0.4) is 0 Å². The van der Waals surface area contributed by atoms with Crippen molar-refractivity contribution in [3.8, 4) is 39.9 Å². The number of nitrogens with zero attached hydrogens (tertiary/aromatic N) is 5. The normalized spacial score (nSPS) is 11.6. The summed E-state index contributed by atoms with van der Waals surface area (Å²) in [5, 5.41) is 4.37. The van der Waals surface area contributed by atoms with Crippen molar-refractivity contribution in [3.05, 3.63) is 140 Å². The van der Waals surface area contributed by atoms with Gasteiger partial charge in [-0.2, -0.15) is 0 Å². The van der Waals surface area contributed by atoms with Crippen LogP contribution in [-0.4, -0.2) is 24.5 Å². The highest BCUT2D eigenvalue weighted by Gasteiger charge is 2.22. The Balaban J connectivity index is 1.35. The number of rotatable bonds is 4. The second kappa shape index (κ2) is 9.71. The summed E-state index contributed by atoms with van der Waals surface area (Å²) < 4.78 is 9.20. The Morgan fingerprint density at radius 2 is 1.14 bits per heavy atom. The fraction of sp³-hybridized carbons (Fsp3) is 0. The third kappa shape index (κ3) is 3.75.